The number of nitrogens with zero attached hydrogens (tertiary/aromatic N) is 1. The number of rotatable bonds is 4. The summed E-state index contributed by atoms with van der Waals surface area (Å²) in [5.74, 6) is 2.05. The van der Waals surface area contributed by atoms with Crippen LogP contribution < -0.4 is 0 Å². The van der Waals surface area contributed by atoms with Crippen LogP contribution in [0.25, 0.3) is 11.0 Å². The summed E-state index contributed by atoms with van der Waals surface area (Å²) in [5, 5.41) is 0.779. The Kier molecular flexibility index (Phi) is 3.76. The molecule has 0 fully saturated rings. The zero-order valence-electron chi connectivity index (χ0n) is 10.3. The topological polar surface area (TPSA) is 28.7 Å². The molecule has 19 heavy (non-hydrogen) atoms. The molecule has 0 saturated carbocycles. The number of nitrogens with one attached hydrogen (secondary N) is 1. The second-order valence-electron chi connectivity index (χ2n) is 4.25. The Hall–Kier alpha value is -1.45. The maximum atomic E-state index is 5.86. The van der Waals surface area contributed by atoms with E-state index in [2.05, 4.69) is 16.0 Å². The van der Waals surface area contributed by atoms with Gasteiger partial charge in [0.1, 0.15) is 5.82 Å². The highest BCUT2D eigenvalue weighted by atomic mass is 35.5. The molecule has 3 rings (SSSR count). The highest BCUT2D eigenvalue weighted by molar-refractivity contribution is 7.99. The normalized spacial score (nSPS) is 11.0. The summed E-state index contributed by atoms with van der Waals surface area (Å²) < 4.78 is 0. The summed E-state index contributed by atoms with van der Waals surface area (Å²) >= 11 is 7.68. The van der Waals surface area contributed by atoms with Crippen LogP contribution in [-0.2, 0) is 6.42 Å². The molecule has 1 heterocycles. The predicted octanol–water partition coefficient (Wildman–Crippen LogP) is 4.55. The first-order valence-corrected chi connectivity index (χ1v) is 7.49. The standard InChI is InChI=1S/C15H13ClN2S/c16-11-5-7-12(8-6-11)19-10-9-15-17-13-3-1-2-4-14(13)18-15/h1-8H,9-10H2,(H,17,18). The van der Waals surface area contributed by atoms with E-state index in [9.17, 15) is 0 Å². The van der Waals surface area contributed by atoms with Crippen LogP contribution in [0.15, 0.2) is 53.4 Å². The van der Waals surface area contributed by atoms with Crippen LogP contribution >= 0.6 is 23.4 Å². The number of aromatic nitrogens is 2. The van der Waals surface area contributed by atoms with Gasteiger partial charge in [-0.1, -0.05) is 23.7 Å². The van der Waals surface area contributed by atoms with Gasteiger partial charge in [0.15, 0.2) is 0 Å². The van der Waals surface area contributed by atoms with Crippen molar-refractivity contribution in [3.05, 3.63) is 59.4 Å². The van der Waals surface area contributed by atoms with Gasteiger partial charge in [-0.15, -0.1) is 11.8 Å². The Bertz CT molecular complexity index is 643. The van der Waals surface area contributed by atoms with Crippen molar-refractivity contribution in [1.29, 1.82) is 0 Å². The third-order valence-electron chi connectivity index (χ3n) is 2.86. The predicted molar refractivity (Wildman–Crippen MR) is 82.0 cm³/mol. The van der Waals surface area contributed by atoms with E-state index in [1.54, 1.807) is 0 Å². The lowest BCUT2D eigenvalue weighted by molar-refractivity contribution is 1.01. The van der Waals surface area contributed by atoms with E-state index >= 15 is 0 Å². The minimum absolute atomic E-state index is 0.779. The second kappa shape index (κ2) is 5.68. The zero-order chi connectivity index (χ0) is 13.1. The summed E-state index contributed by atoms with van der Waals surface area (Å²) in [6.45, 7) is 0. The number of halogens is 1. The monoisotopic (exact) mass is 288 g/mol. The van der Waals surface area contributed by atoms with E-state index in [0.29, 0.717) is 0 Å². The molecule has 1 N–H and O–H groups in total. The van der Waals surface area contributed by atoms with Crippen molar-refractivity contribution in [3.63, 3.8) is 0 Å². The first-order chi connectivity index (χ1) is 9.31. The molecule has 0 aliphatic heterocycles. The van der Waals surface area contributed by atoms with Gasteiger partial charge in [-0.25, -0.2) is 4.98 Å². The van der Waals surface area contributed by atoms with Gasteiger partial charge < -0.3 is 4.98 Å². The lowest BCUT2D eigenvalue weighted by Crippen LogP contribution is -1.90. The molecule has 2 aromatic carbocycles. The van der Waals surface area contributed by atoms with E-state index in [4.69, 9.17) is 11.6 Å². The lowest BCUT2D eigenvalue weighted by atomic mass is 10.3. The van der Waals surface area contributed by atoms with E-state index in [1.807, 2.05) is 54.2 Å². The van der Waals surface area contributed by atoms with Gasteiger partial charge in [0.25, 0.3) is 0 Å². The summed E-state index contributed by atoms with van der Waals surface area (Å²) in [4.78, 5) is 9.15. The molecule has 0 atom stereocenters. The fourth-order valence-electron chi connectivity index (χ4n) is 1.92. The highest BCUT2D eigenvalue weighted by Gasteiger charge is 2.02. The third-order valence-corrected chi connectivity index (χ3v) is 4.13. The molecule has 0 amide bonds. The average molecular weight is 289 g/mol. The van der Waals surface area contributed by atoms with Crippen LogP contribution in [0.4, 0.5) is 0 Å². The number of fused-ring (bicyclic) bond motifs is 1. The Morgan fingerprint density at radius 3 is 2.63 bits per heavy atom. The summed E-state index contributed by atoms with van der Waals surface area (Å²) in [5.41, 5.74) is 2.14. The summed E-state index contributed by atoms with van der Waals surface area (Å²) in [6.07, 6.45) is 0.933. The molecule has 0 aliphatic rings. The minimum Gasteiger partial charge on any atom is -0.342 e. The fraction of sp³-hybridized carbons (Fsp3) is 0.133. The van der Waals surface area contributed by atoms with Gasteiger partial charge in [-0.3, -0.25) is 0 Å². The lowest BCUT2D eigenvalue weighted by Gasteiger charge is -2.00. The molecule has 1 aromatic heterocycles. The SMILES string of the molecule is Clc1ccc(SCCc2nc3ccccc3[nH]2)cc1. The van der Waals surface area contributed by atoms with E-state index in [1.165, 1.54) is 4.90 Å². The average Bonchev–Trinajstić information content (AvgIpc) is 2.83. The number of aryl methyl sites for hydroxylation is 1. The Morgan fingerprint density at radius 2 is 1.84 bits per heavy atom. The Labute approximate surface area is 121 Å². The van der Waals surface area contributed by atoms with E-state index in [-0.39, 0.29) is 0 Å². The zero-order valence-corrected chi connectivity index (χ0v) is 11.8. The molecule has 0 radical (unpaired) electrons. The third kappa shape index (κ3) is 3.11. The van der Waals surface area contributed by atoms with Crippen molar-refractivity contribution in [3.8, 4) is 0 Å². The van der Waals surface area contributed by atoms with Crippen LogP contribution in [-0.4, -0.2) is 15.7 Å². The second-order valence-corrected chi connectivity index (χ2v) is 5.86. The maximum Gasteiger partial charge on any atom is 0.108 e. The van der Waals surface area contributed by atoms with Crippen LogP contribution in [0.5, 0.6) is 0 Å². The number of para-hydroxylation sites is 2. The molecule has 0 aliphatic carbocycles. The smallest absolute Gasteiger partial charge is 0.108 e. The van der Waals surface area contributed by atoms with Crippen LogP contribution in [0, 0.1) is 0 Å². The number of imidazole rings is 1. The van der Waals surface area contributed by atoms with Crippen molar-refractivity contribution in [1.82, 2.24) is 9.97 Å². The van der Waals surface area contributed by atoms with Crippen LogP contribution in [0.2, 0.25) is 5.02 Å². The molecule has 0 bridgehead atoms. The molecule has 0 saturated heterocycles. The van der Waals surface area contributed by atoms with Gasteiger partial charge in [-0.05, 0) is 36.4 Å². The number of hydrogen-bond donors (Lipinski definition) is 1. The van der Waals surface area contributed by atoms with Gasteiger partial charge in [0.05, 0.1) is 11.0 Å². The number of aromatic amines is 1. The molecule has 2 nitrogen and oxygen atoms in total. The molecule has 96 valence electrons. The van der Waals surface area contributed by atoms with Crippen molar-refractivity contribution >= 4 is 34.4 Å². The van der Waals surface area contributed by atoms with Crippen molar-refractivity contribution < 1.29 is 0 Å². The molecular formula is C15H13ClN2S. The Balaban J connectivity index is 1.61. The quantitative estimate of drug-likeness (QED) is 0.714. The molecule has 0 unspecified atom stereocenters. The molecule has 3 aromatic rings. The van der Waals surface area contributed by atoms with E-state index < -0.39 is 0 Å². The fourth-order valence-corrected chi connectivity index (χ4v) is 2.91. The number of thioether (sulfide) groups is 1. The molecule has 4 heteroatoms. The largest absolute Gasteiger partial charge is 0.342 e. The van der Waals surface area contributed by atoms with Gasteiger partial charge in [0, 0.05) is 22.1 Å². The van der Waals surface area contributed by atoms with Crippen LogP contribution in [0.3, 0.4) is 0 Å². The number of hydrogen-bond acceptors (Lipinski definition) is 2. The van der Waals surface area contributed by atoms with Gasteiger partial charge in [0.2, 0.25) is 0 Å². The van der Waals surface area contributed by atoms with E-state index in [0.717, 1.165) is 34.1 Å². The van der Waals surface area contributed by atoms with Gasteiger partial charge >= 0.3 is 0 Å². The highest BCUT2D eigenvalue weighted by Crippen LogP contribution is 2.21. The minimum atomic E-state index is 0.779. The van der Waals surface area contributed by atoms with Crippen molar-refractivity contribution in [2.24, 2.45) is 0 Å². The number of benzene rings is 2. The first kappa shape index (κ1) is 12.6. The Morgan fingerprint density at radius 1 is 1.05 bits per heavy atom. The van der Waals surface area contributed by atoms with Crippen molar-refractivity contribution in [2.75, 3.05) is 5.75 Å². The van der Waals surface area contributed by atoms with Gasteiger partial charge in [-0.2, -0.15) is 0 Å². The van der Waals surface area contributed by atoms with Crippen molar-refractivity contribution in [2.45, 2.75) is 11.3 Å². The maximum absolute atomic E-state index is 5.86. The summed E-state index contributed by atoms with van der Waals surface area (Å²) in [6, 6.07) is 16.1. The first-order valence-electron chi connectivity index (χ1n) is 6.13. The number of H-pyrrole nitrogens is 1. The molecular weight excluding hydrogens is 276 g/mol. The summed E-state index contributed by atoms with van der Waals surface area (Å²) in [7, 11) is 0. The molecule has 0 spiro atoms. The van der Waals surface area contributed by atoms with Crippen LogP contribution in [0.1, 0.15) is 5.82 Å².